The zero-order valence-corrected chi connectivity index (χ0v) is 15.6. The summed E-state index contributed by atoms with van der Waals surface area (Å²) in [6.45, 7) is 6.04. The molecule has 27 heavy (non-hydrogen) atoms. The monoisotopic (exact) mass is 370 g/mol. The highest BCUT2D eigenvalue weighted by molar-refractivity contribution is 5.86. The Morgan fingerprint density at radius 1 is 1.41 bits per heavy atom. The van der Waals surface area contributed by atoms with Crippen molar-refractivity contribution in [3.8, 4) is 12.3 Å². The molecule has 0 fully saturated rings. The van der Waals surface area contributed by atoms with Gasteiger partial charge in [0.1, 0.15) is 6.61 Å². The Balaban J connectivity index is 2.39. The van der Waals surface area contributed by atoms with Crippen LogP contribution in [0.5, 0.6) is 0 Å². The molecule has 1 N–H and O–H groups in total. The first kappa shape index (κ1) is 20.8. The lowest BCUT2D eigenvalue weighted by atomic mass is 9.80. The average Bonchev–Trinajstić information content (AvgIpc) is 2.70. The second-order valence-corrected chi connectivity index (χ2v) is 6.18. The van der Waals surface area contributed by atoms with Gasteiger partial charge in [0.15, 0.2) is 0 Å². The molecule has 3 atom stereocenters. The van der Waals surface area contributed by atoms with Crippen LogP contribution >= 0.6 is 0 Å². The minimum atomic E-state index is -0.602. The van der Waals surface area contributed by atoms with Crippen molar-refractivity contribution in [3.63, 3.8) is 0 Å². The number of hydrogen-bond acceptors (Lipinski definition) is 5. The topological polar surface area (TPSA) is 65.0 Å². The fourth-order valence-electron chi connectivity index (χ4n) is 3.14. The number of carbonyl (C=O) groups excluding carboxylic acids is 1. The standard InChI is InChI=1S/C22H26O5/c1-4-14-26-21(24)20-15-19(17-11-9-16(5-2)10-12-17)18(8-7-13-23)22(27-20)25-6-3/h2,4,9-12,15,18-19,22-23H,1,6-8,13-14H2,3H3/t18-,19+,22+/m1/s1. The molecule has 144 valence electrons. The first-order valence-corrected chi connectivity index (χ1v) is 9.10. The molecule has 0 spiro atoms. The molecule has 5 nitrogen and oxygen atoms in total. The molecule has 1 aromatic carbocycles. The summed E-state index contributed by atoms with van der Waals surface area (Å²) in [4.78, 5) is 12.3. The van der Waals surface area contributed by atoms with Crippen molar-refractivity contribution in [3.05, 3.63) is 59.9 Å². The Morgan fingerprint density at radius 3 is 2.74 bits per heavy atom. The minimum absolute atomic E-state index is 0.0512. The maximum atomic E-state index is 12.3. The third kappa shape index (κ3) is 5.46. The van der Waals surface area contributed by atoms with E-state index < -0.39 is 12.3 Å². The number of benzene rings is 1. The number of aliphatic hydroxyl groups excluding tert-OH is 1. The molecular formula is C22H26O5. The molecular weight excluding hydrogens is 344 g/mol. The summed E-state index contributed by atoms with van der Waals surface area (Å²) in [5, 5.41) is 9.27. The van der Waals surface area contributed by atoms with Crippen LogP contribution in [0.4, 0.5) is 0 Å². The number of hydrogen-bond donors (Lipinski definition) is 1. The molecule has 0 saturated heterocycles. The van der Waals surface area contributed by atoms with Gasteiger partial charge in [-0.2, -0.15) is 0 Å². The molecule has 1 aliphatic heterocycles. The summed E-state index contributed by atoms with van der Waals surface area (Å²) >= 11 is 0. The summed E-state index contributed by atoms with van der Waals surface area (Å²) in [5.41, 5.74) is 1.78. The quantitative estimate of drug-likeness (QED) is 0.411. The van der Waals surface area contributed by atoms with E-state index in [4.69, 9.17) is 20.6 Å². The van der Waals surface area contributed by atoms with Gasteiger partial charge in [-0.05, 0) is 43.5 Å². The van der Waals surface area contributed by atoms with Crippen LogP contribution in [0, 0.1) is 18.3 Å². The molecule has 0 radical (unpaired) electrons. The molecule has 0 aliphatic carbocycles. The lowest BCUT2D eigenvalue weighted by Crippen LogP contribution is -2.36. The number of esters is 1. The smallest absolute Gasteiger partial charge is 0.373 e. The van der Waals surface area contributed by atoms with E-state index in [0.29, 0.717) is 19.4 Å². The zero-order chi connectivity index (χ0) is 19.6. The van der Waals surface area contributed by atoms with Gasteiger partial charge >= 0.3 is 5.97 Å². The lowest BCUT2D eigenvalue weighted by Gasteiger charge is -2.36. The van der Waals surface area contributed by atoms with Gasteiger partial charge in [-0.25, -0.2) is 4.79 Å². The van der Waals surface area contributed by atoms with Crippen molar-refractivity contribution in [2.75, 3.05) is 19.8 Å². The molecule has 0 unspecified atom stereocenters. The predicted octanol–water partition coefficient (Wildman–Crippen LogP) is 3.15. The summed E-state index contributed by atoms with van der Waals surface area (Å²) < 4.78 is 16.7. The van der Waals surface area contributed by atoms with E-state index >= 15 is 0 Å². The minimum Gasteiger partial charge on any atom is -0.457 e. The van der Waals surface area contributed by atoms with Gasteiger partial charge in [0, 0.05) is 30.6 Å². The largest absolute Gasteiger partial charge is 0.457 e. The Hall–Kier alpha value is -2.55. The molecule has 1 aliphatic rings. The maximum absolute atomic E-state index is 12.3. The van der Waals surface area contributed by atoms with Crippen molar-refractivity contribution in [2.24, 2.45) is 5.92 Å². The van der Waals surface area contributed by atoms with Gasteiger partial charge in [-0.3, -0.25) is 0 Å². The Morgan fingerprint density at radius 2 is 2.15 bits per heavy atom. The Kier molecular flexibility index (Phi) is 8.12. The third-order valence-electron chi connectivity index (χ3n) is 4.41. The summed E-state index contributed by atoms with van der Waals surface area (Å²) in [7, 11) is 0. The molecule has 5 heteroatoms. The number of ether oxygens (including phenoxy) is 3. The fourth-order valence-corrected chi connectivity index (χ4v) is 3.14. The van der Waals surface area contributed by atoms with Crippen molar-refractivity contribution in [1.29, 1.82) is 0 Å². The van der Waals surface area contributed by atoms with Crippen LogP contribution in [0.3, 0.4) is 0 Å². The van der Waals surface area contributed by atoms with Crippen LogP contribution in [0.1, 0.15) is 36.8 Å². The molecule has 1 heterocycles. The summed E-state index contributed by atoms with van der Waals surface area (Å²) in [5.74, 6) is 2.00. The first-order chi connectivity index (χ1) is 13.1. The van der Waals surface area contributed by atoms with Crippen molar-refractivity contribution in [1.82, 2.24) is 0 Å². The predicted molar refractivity (Wildman–Crippen MR) is 103 cm³/mol. The van der Waals surface area contributed by atoms with E-state index in [-0.39, 0.29) is 30.8 Å². The van der Waals surface area contributed by atoms with Gasteiger partial charge in [-0.1, -0.05) is 30.7 Å². The zero-order valence-electron chi connectivity index (χ0n) is 15.6. The van der Waals surface area contributed by atoms with Crippen molar-refractivity contribution >= 4 is 5.97 Å². The Bertz CT molecular complexity index is 698. The summed E-state index contributed by atoms with van der Waals surface area (Å²) in [6, 6.07) is 7.63. The van der Waals surface area contributed by atoms with Gasteiger partial charge in [0.25, 0.3) is 0 Å². The van der Waals surface area contributed by atoms with E-state index in [9.17, 15) is 9.90 Å². The van der Waals surface area contributed by atoms with Crippen molar-refractivity contribution < 1.29 is 24.1 Å². The van der Waals surface area contributed by atoms with Gasteiger partial charge in [0.2, 0.25) is 12.0 Å². The molecule has 0 amide bonds. The number of carbonyl (C=O) groups is 1. The second-order valence-electron chi connectivity index (χ2n) is 6.18. The highest BCUT2D eigenvalue weighted by Gasteiger charge is 2.38. The molecule has 0 saturated carbocycles. The Labute approximate surface area is 160 Å². The van der Waals surface area contributed by atoms with Gasteiger partial charge in [-0.15, -0.1) is 6.42 Å². The molecule has 0 bridgehead atoms. The molecule has 0 aromatic heterocycles. The SMILES string of the molecule is C#Cc1ccc([C@@H]2C=C(C(=O)OCC=C)O[C@H](OCC)[C@@H]2CCCO)cc1. The van der Waals surface area contributed by atoms with Crippen LogP contribution < -0.4 is 0 Å². The highest BCUT2D eigenvalue weighted by atomic mass is 16.7. The molecule has 2 rings (SSSR count). The van der Waals surface area contributed by atoms with Crippen LogP contribution in [-0.2, 0) is 19.0 Å². The van der Waals surface area contributed by atoms with E-state index in [2.05, 4.69) is 12.5 Å². The van der Waals surface area contributed by atoms with Gasteiger partial charge < -0.3 is 19.3 Å². The van der Waals surface area contributed by atoms with E-state index in [1.54, 1.807) is 6.08 Å². The number of aliphatic hydroxyl groups is 1. The normalized spacial score (nSPS) is 21.5. The number of terminal acetylenes is 1. The average molecular weight is 370 g/mol. The van der Waals surface area contributed by atoms with Crippen molar-refractivity contribution in [2.45, 2.75) is 32.0 Å². The number of allylic oxidation sites excluding steroid dienone is 1. The lowest BCUT2D eigenvalue weighted by molar-refractivity contribution is -0.175. The van der Waals surface area contributed by atoms with Crippen LogP contribution in [-0.4, -0.2) is 37.2 Å². The number of rotatable bonds is 9. The fraction of sp³-hybridized carbons (Fsp3) is 0.409. The molecule has 1 aromatic rings. The maximum Gasteiger partial charge on any atom is 0.373 e. The second kappa shape index (κ2) is 10.6. The van der Waals surface area contributed by atoms with E-state index in [1.165, 1.54) is 6.08 Å². The highest BCUT2D eigenvalue weighted by Crippen LogP contribution is 2.39. The van der Waals surface area contributed by atoms with Crippen LogP contribution in [0.15, 0.2) is 48.8 Å². The summed E-state index contributed by atoms with van der Waals surface area (Å²) in [6.07, 6.45) is 9.41. The van der Waals surface area contributed by atoms with Gasteiger partial charge in [0.05, 0.1) is 0 Å². The first-order valence-electron chi connectivity index (χ1n) is 9.10. The third-order valence-corrected chi connectivity index (χ3v) is 4.41. The van der Waals surface area contributed by atoms with E-state index in [0.717, 1.165) is 11.1 Å². The van der Waals surface area contributed by atoms with Crippen LogP contribution in [0.25, 0.3) is 0 Å². The van der Waals surface area contributed by atoms with Crippen LogP contribution in [0.2, 0.25) is 0 Å². The van der Waals surface area contributed by atoms with E-state index in [1.807, 2.05) is 31.2 Å².